The van der Waals surface area contributed by atoms with Crippen LogP contribution in [0.3, 0.4) is 0 Å². The first-order chi connectivity index (χ1) is 5.99. The van der Waals surface area contributed by atoms with Crippen molar-refractivity contribution in [3.63, 3.8) is 0 Å². The summed E-state index contributed by atoms with van der Waals surface area (Å²) < 4.78 is 14.8. The first-order valence-corrected chi connectivity index (χ1v) is 6.22. The van der Waals surface area contributed by atoms with Crippen molar-refractivity contribution >= 4 is 7.82 Å². The summed E-state index contributed by atoms with van der Waals surface area (Å²) in [5.74, 6) is 0.271. The molecule has 0 spiro atoms. The van der Waals surface area contributed by atoms with E-state index in [2.05, 4.69) is 11.4 Å². The molecule has 1 atom stereocenters. The van der Waals surface area contributed by atoms with Gasteiger partial charge in [-0.3, -0.25) is 4.52 Å². The number of hydrogen-bond acceptors (Lipinski definition) is 2. The van der Waals surface area contributed by atoms with Crippen molar-refractivity contribution in [3.05, 3.63) is 0 Å². The quantitative estimate of drug-likeness (QED) is 0.457. The van der Waals surface area contributed by atoms with Crippen molar-refractivity contribution in [2.45, 2.75) is 39.5 Å². The maximum absolute atomic E-state index is 10.4. The van der Waals surface area contributed by atoms with Gasteiger partial charge in [0.25, 0.3) is 0 Å². The molecule has 0 aromatic rings. The van der Waals surface area contributed by atoms with Gasteiger partial charge < -0.3 is 11.2 Å². The molecule has 0 radical (unpaired) electrons. The Hall–Kier alpha value is 1.11. The summed E-state index contributed by atoms with van der Waals surface area (Å²) in [7, 11) is -4.26. The third kappa shape index (κ3) is 11.2. The molecule has 0 aliphatic heterocycles. The average Bonchev–Trinajstić information content (AvgIpc) is 2.03. The van der Waals surface area contributed by atoms with Crippen LogP contribution in [0, 0.1) is 5.92 Å². The predicted octanol–water partition coefficient (Wildman–Crippen LogP) is -0.571. The van der Waals surface area contributed by atoms with Gasteiger partial charge in [0, 0.05) is 0 Å². The second-order valence-corrected chi connectivity index (χ2v) is 4.44. The SMILES string of the molecule is CCCCC(CC)COP(=O)(O)O.[H-].[Na+]. The third-order valence-electron chi connectivity index (χ3n) is 2.02. The van der Waals surface area contributed by atoms with Crippen molar-refractivity contribution in [3.8, 4) is 0 Å². The summed E-state index contributed by atoms with van der Waals surface area (Å²) in [6.07, 6.45) is 4.07. The zero-order valence-corrected chi connectivity index (χ0v) is 12.2. The number of unbranched alkanes of at least 4 members (excludes halogenated alkanes) is 1. The second kappa shape index (κ2) is 9.34. The van der Waals surface area contributed by atoms with Crippen molar-refractivity contribution in [2.75, 3.05) is 6.61 Å². The summed E-state index contributed by atoms with van der Waals surface area (Å²) in [6, 6.07) is 0. The van der Waals surface area contributed by atoms with Gasteiger partial charge in [-0.2, -0.15) is 0 Å². The number of phosphoric acid groups is 1. The molecule has 0 aliphatic carbocycles. The van der Waals surface area contributed by atoms with Crippen LogP contribution in [-0.2, 0) is 9.09 Å². The Balaban J connectivity index is -0.000000720. The minimum absolute atomic E-state index is 0. The van der Waals surface area contributed by atoms with Gasteiger partial charge in [-0.25, -0.2) is 4.57 Å². The standard InChI is InChI=1S/C8H19O4P.Na.H/c1-3-5-6-8(4-2)7-12-13(9,10)11;;/h8H,3-7H2,1-2H3,(H2,9,10,11);;/q;+1;-1. The molecule has 0 bridgehead atoms. The summed E-state index contributed by atoms with van der Waals surface area (Å²) in [4.78, 5) is 17.0. The zero-order chi connectivity index (χ0) is 10.3. The van der Waals surface area contributed by atoms with Gasteiger partial charge in [-0.05, 0) is 12.3 Å². The second-order valence-electron chi connectivity index (χ2n) is 3.20. The van der Waals surface area contributed by atoms with Gasteiger partial charge in [0.05, 0.1) is 6.61 Å². The predicted molar refractivity (Wildman–Crippen MR) is 52.4 cm³/mol. The number of hydrogen-bond donors (Lipinski definition) is 2. The Bertz CT molecular complexity index is 176. The monoisotopic (exact) mass is 234 g/mol. The van der Waals surface area contributed by atoms with Crippen LogP contribution >= 0.6 is 7.82 Å². The van der Waals surface area contributed by atoms with Crippen LogP contribution in [0.2, 0.25) is 0 Å². The molecule has 0 heterocycles. The van der Waals surface area contributed by atoms with E-state index in [0.29, 0.717) is 0 Å². The minimum Gasteiger partial charge on any atom is -1.00 e. The number of phosphoric ester groups is 1. The van der Waals surface area contributed by atoms with Crippen LogP contribution in [0.25, 0.3) is 0 Å². The van der Waals surface area contributed by atoms with Gasteiger partial charge in [0.2, 0.25) is 0 Å². The summed E-state index contributed by atoms with van der Waals surface area (Å²) in [5.41, 5.74) is 0. The van der Waals surface area contributed by atoms with Gasteiger partial charge in [0.1, 0.15) is 0 Å². The van der Waals surface area contributed by atoms with Crippen LogP contribution in [0.1, 0.15) is 41.0 Å². The molecule has 0 aromatic carbocycles. The molecular formula is C8H20NaO4P. The maximum Gasteiger partial charge on any atom is 1.00 e. The van der Waals surface area contributed by atoms with Crippen LogP contribution < -0.4 is 29.6 Å². The Morgan fingerprint density at radius 3 is 2.36 bits per heavy atom. The molecule has 0 fully saturated rings. The van der Waals surface area contributed by atoms with E-state index in [-0.39, 0.29) is 43.5 Å². The minimum atomic E-state index is -4.26. The van der Waals surface area contributed by atoms with Crippen molar-refractivity contribution < 1.29 is 49.9 Å². The normalized spacial score (nSPS) is 13.4. The Morgan fingerprint density at radius 2 is 2.00 bits per heavy atom. The van der Waals surface area contributed by atoms with E-state index in [0.717, 1.165) is 25.7 Å². The van der Waals surface area contributed by atoms with E-state index in [1.807, 2.05) is 6.92 Å². The van der Waals surface area contributed by atoms with E-state index in [1.165, 1.54) is 0 Å². The van der Waals surface area contributed by atoms with Gasteiger partial charge in [-0.1, -0.05) is 33.1 Å². The Labute approximate surface area is 109 Å². The van der Waals surface area contributed by atoms with E-state index < -0.39 is 7.82 Å². The molecule has 6 heteroatoms. The molecule has 1 unspecified atom stereocenters. The van der Waals surface area contributed by atoms with Crippen LogP contribution in [-0.4, -0.2) is 16.4 Å². The fraction of sp³-hybridized carbons (Fsp3) is 1.00. The van der Waals surface area contributed by atoms with Crippen molar-refractivity contribution in [1.29, 1.82) is 0 Å². The third-order valence-corrected chi connectivity index (χ3v) is 2.51. The van der Waals surface area contributed by atoms with E-state index in [4.69, 9.17) is 9.79 Å². The van der Waals surface area contributed by atoms with E-state index >= 15 is 0 Å². The molecule has 0 saturated carbocycles. The fourth-order valence-corrected chi connectivity index (χ4v) is 1.51. The molecular weight excluding hydrogens is 214 g/mol. The molecule has 0 saturated heterocycles. The van der Waals surface area contributed by atoms with E-state index in [9.17, 15) is 4.57 Å². The van der Waals surface area contributed by atoms with Crippen LogP contribution in [0.15, 0.2) is 0 Å². The van der Waals surface area contributed by atoms with Gasteiger partial charge in [0.15, 0.2) is 0 Å². The molecule has 14 heavy (non-hydrogen) atoms. The topological polar surface area (TPSA) is 66.8 Å². The largest absolute Gasteiger partial charge is 1.00 e. The molecule has 0 rings (SSSR count). The molecule has 2 N–H and O–H groups in total. The zero-order valence-electron chi connectivity index (χ0n) is 10.3. The summed E-state index contributed by atoms with van der Waals surface area (Å²) >= 11 is 0. The smallest absolute Gasteiger partial charge is 1.00 e. The van der Waals surface area contributed by atoms with E-state index in [1.54, 1.807) is 0 Å². The first kappa shape index (κ1) is 17.5. The molecule has 82 valence electrons. The maximum atomic E-state index is 10.4. The molecule has 4 nitrogen and oxygen atoms in total. The van der Waals surface area contributed by atoms with Crippen LogP contribution in [0.5, 0.6) is 0 Å². The van der Waals surface area contributed by atoms with Gasteiger partial charge in [-0.15, -0.1) is 0 Å². The Morgan fingerprint density at radius 1 is 1.43 bits per heavy atom. The average molecular weight is 234 g/mol. The summed E-state index contributed by atoms with van der Waals surface area (Å²) in [5, 5.41) is 0. The Kier molecular flexibility index (Phi) is 11.7. The fourth-order valence-electron chi connectivity index (χ4n) is 1.10. The van der Waals surface area contributed by atoms with Crippen molar-refractivity contribution in [2.24, 2.45) is 5.92 Å². The molecule has 0 amide bonds. The van der Waals surface area contributed by atoms with Crippen LogP contribution in [0.4, 0.5) is 0 Å². The molecule has 0 aromatic heterocycles. The summed E-state index contributed by atoms with van der Waals surface area (Å²) in [6.45, 7) is 4.26. The molecule has 0 aliphatic rings. The number of rotatable bonds is 7. The van der Waals surface area contributed by atoms with Crippen molar-refractivity contribution in [1.82, 2.24) is 0 Å². The van der Waals surface area contributed by atoms with Gasteiger partial charge >= 0.3 is 37.4 Å². The first-order valence-electron chi connectivity index (χ1n) is 4.69.